The van der Waals surface area contributed by atoms with Crippen molar-refractivity contribution in [3.8, 4) is 11.3 Å². The number of hydrogen-bond acceptors (Lipinski definition) is 3. The van der Waals surface area contributed by atoms with Crippen molar-refractivity contribution in [3.63, 3.8) is 0 Å². The number of hydrogen-bond donors (Lipinski definition) is 3. The third-order valence-corrected chi connectivity index (χ3v) is 5.18. The summed E-state index contributed by atoms with van der Waals surface area (Å²) < 4.78 is 0. The molecule has 33 heavy (non-hydrogen) atoms. The Bertz CT molecular complexity index is 1270. The van der Waals surface area contributed by atoms with E-state index in [1.165, 1.54) is 5.56 Å². The number of urea groups is 1. The van der Waals surface area contributed by atoms with Crippen LogP contribution in [0.4, 0.5) is 10.5 Å². The Hall–Kier alpha value is -4.19. The number of amides is 3. The van der Waals surface area contributed by atoms with E-state index in [1.54, 1.807) is 18.2 Å². The maximum Gasteiger partial charge on any atom is 0.337 e. The van der Waals surface area contributed by atoms with Crippen LogP contribution in [0.3, 0.4) is 0 Å². The summed E-state index contributed by atoms with van der Waals surface area (Å²) in [5.74, 6) is 0.158. The molecule has 0 spiro atoms. The number of rotatable bonds is 5. The predicted molar refractivity (Wildman–Crippen MR) is 132 cm³/mol. The molecule has 0 saturated carbocycles. The molecule has 1 aromatic heterocycles. The molecule has 0 saturated heterocycles. The molecule has 0 radical (unpaired) electrons. The SMILES string of the molecule is CC(C)Cc1ccc(-c2cc(C(=O)NNC(=O)Nc3ccccc3)c3ccccc3n2)cc1. The Morgan fingerprint density at radius 2 is 1.55 bits per heavy atom. The summed E-state index contributed by atoms with van der Waals surface area (Å²) in [6.07, 6.45) is 1.01. The monoisotopic (exact) mass is 438 g/mol. The van der Waals surface area contributed by atoms with Crippen molar-refractivity contribution in [3.05, 3.63) is 96.1 Å². The number of para-hydroxylation sites is 2. The maximum absolute atomic E-state index is 13.0. The predicted octanol–water partition coefficient (Wildman–Crippen LogP) is 5.57. The first-order chi connectivity index (χ1) is 16.0. The van der Waals surface area contributed by atoms with Crippen LogP contribution >= 0.6 is 0 Å². The Morgan fingerprint density at radius 3 is 2.27 bits per heavy atom. The zero-order valence-corrected chi connectivity index (χ0v) is 18.6. The minimum Gasteiger partial charge on any atom is -0.307 e. The number of hydrazine groups is 1. The second-order valence-corrected chi connectivity index (χ2v) is 8.27. The quantitative estimate of drug-likeness (QED) is 0.356. The zero-order valence-electron chi connectivity index (χ0n) is 18.6. The molecule has 0 fully saturated rings. The molecule has 6 nitrogen and oxygen atoms in total. The lowest BCUT2D eigenvalue weighted by Gasteiger charge is -2.12. The Balaban J connectivity index is 1.56. The molecule has 6 heteroatoms. The van der Waals surface area contributed by atoms with Crippen molar-refractivity contribution in [2.75, 3.05) is 5.32 Å². The first-order valence-electron chi connectivity index (χ1n) is 10.9. The first kappa shape index (κ1) is 22.0. The highest BCUT2D eigenvalue weighted by Gasteiger charge is 2.15. The summed E-state index contributed by atoms with van der Waals surface area (Å²) in [4.78, 5) is 29.9. The highest BCUT2D eigenvalue weighted by atomic mass is 16.2. The van der Waals surface area contributed by atoms with Crippen LogP contribution in [0.5, 0.6) is 0 Å². The fourth-order valence-electron chi connectivity index (χ4n) is 3.66. The zero-order chi connectivity index (χ0) is 23.2. The van der Waals surface area contributed by atoms with E-state index < -0.39 is 11.9 Å². The van der Waals surface area contributed by atoms with Crippen molar-refractivity contribution >= 4 is 28.5 Å². The van der Waals surface area contributed by atoms with E-state index in [9.17, 15) is 9.59 Å². The van der Waals surface area contributed by atoms with Gasteiger partial charge in [-0.05, 0) is 42.2 Å². The van der Waals surface area contributed by atoms with Gasteiger partial charge >= 0.3 is 6.03 Å². The smallest absolute Gasteiger partial charge is 0.307 e. The van der Waals surface area contributed by atoms with Crippen molar-refractivity contribution in [1.82, 2.24) is 15.8 Å². The van der Waals surface area contributed by atoms with Crippen LogP contribution in [-0.4, -0.2) is 16.9 Å². The average molecular weight is 439 g/mol. The lowest BCUT2D eigenvalue weighted by Crippen LogP contribution is -2.44. The van der Waals surface area contributed by atoms with Gasteiger partial charge in [-0.15, -0.1) is 0 Å². The molecule has 3 amide bonds. The van der Waals surface area contributed by atoms with E-state index in [4.69, 9.17) is 4.98 Å². The second-order valence-electron chi connectivity index (χ2n) is 8.27. The van der Waals surface area contributed by atoms with Crippen LogP contribution in [-0.2, 0) is 6.42 Å². The van der Waals surface area contributed by atoms with Gasteiger partial charge in [0.05, 0.1) is 16.8 Å². The number of anilines is 1. The fourth-order valence-corrected chi connectivity index (χ4v) is 3.66. The molecule has 0 atom stereocenters. The molecular formula is C27H26N4O2. The fraction of sp³-hybridized carbons (Fsp3) is 0.148. The lowest BCUT2D eigenvalue weighted by atomic mass is 9.99. The van der Waals surface area contributed by atoms with Crippen LogP contribution in [0.1, 0.15) is 29.8 Å². The molecule has 1 heterocycles. The number of benzene rings is 3. The number of nitrogens with one attached hydrogen (secondary N) is 3. The second kappa shape index (κ2) is 9.96. The molecule has 0 bridgehead atoms. The Morgan fingerprint density at radius 1 is 0.848 bits per heavy atom. The summed E-state index contributed by atoms with van der Waals surface area (Å²) in [7, 11) is 0. The van der Waals surface area contributed by atoms with E-state index in [0.29, 0.717) is 33.8 Å². The molecule has 4 rings (SSSR count). The summed E-state index contributed by atoms with van der Waals surface area (Å²) in [6.45, 7) is 4.38. The van der Waals surface area contributed by atoms with Crippen LogP contribution in [0.2, 0.25) is 0 Å². The van der Waals surface area contributed by atoms with E-state index in [2.05, 4.69) is 42.1 Å². The van der Waals surface area contributed by atoms with Gasteiger partial charge in [-0.1, -0.05) is 74.5 Å². The number of carbonyl (C=O) groups is 2. The molecule has 0 aliphatic carbocycles. The minimum absolute atomic E-state index is 0.422. The number of pyridine rings is 1. The molecule has 0 aliphatic heterocycles. The third kappa shape index (κ3) is 5.54. The summed E-state index contributed by atoms with van der Waals surface area (Å²) in [5, 5.41) is 3.37. The highest BCUT2D eigenvalue weighted by molar-refractivity contribution is 6.07. The summed E-state index contributed by atoms with van der Waals surface area (Å²) in [5.41, 5.74) is 9.56. The van der Waals surface area contributed by atoms with Gasteiger partial charge in [0.2, 0.25) is 0 Å². The van der Waals surface area contributed by atoms with Gasteiger partial charge in [0, 0.05) is 16.6 Å². The van der Waals surface area contributed by atoms with E-state index in [1.807, 2.05) is 54.6 Å². The van der Waals surface area contributed by atoms with Gasteiger partial charge in [0.25, 0.3) is 5.91 Å². The van der Waals surface area contributed by atoms with Gasteiger partial charge in [-0.3, -0.25) is 10.2 Å². The lowest BCUT2D eigenvalue weighted by molar-refractivity contribution is 0.0939. The van der Waals surface area contributed by atoms with Gasteiger partial charge in [-0.2, -0.15) is 0 Å². The topological polar surface area (TPSA) is 83.1 Å². The van der Waals surface area contributed by atoms with Crippen molar-refractivity contribution in [2.45, 2.75) is 20.3 Å². The average Bonchev–Trinajstić information content (AvgIpc) is 2.82. The molecule has 3 N–H and O–H groups in total. The number of fused-ring (bicyclic) bond motifs is 1. The van der Waals surface area contributed by atoms with Crippen molar-refractivity contribution in [2.24, 2.45) is 5.92 Å². The Kier molecular flexibility index (Phi) is 6.64. The summed E-state index contributed by atoms with van der Waals surface area (Å²) in [6, 6.07) is 25.9. The van der Waals surface area contributed by atoms with Crippen LogP contribution < -0.4 is 16.2 Å². The first-order valence-corrected chi connectivity index (χ1v) is 10.9. The number of carbonyl (C=O) groups excluding carboxylic acids is 2. The molecule has 0 unspecified atom stereocenters. The van der Waals surface area contributed by atoms with Gasteiger partial charge < -0.3 is 5.32 Å². The van der Waals surface area contributed by atoms with Gasteiger partial charge in [-0.25, -0.2) is 15.2 Å². The normalized spacial score (nSPS) is 10.8. The molecule has 0 aliphatic rings. The third-order valence-electron chi connectivity index (χ3n) is 5.18. The van der Waals surface area contributed by atoms with Crippen LogP contribution in [0.25, 0.3) is 22.2 Å². The van der Waals surface area contributed by atoms with Crippen LogP contribution in [0, 0.1) is 5.92 Å². The maximum atomic E-state index is 13.0. The van der Waals surface area contributed by atoms with E-state index in [0.717, 1.165) is 12.0 Å². The number of aromatic nitrogens is 1. The standard InChI is InChI=1S/C27H26N4O2/c1-18(2)16-19-12-14-20(15-13-19)25-17-23(22-10-6-7-11-24(22)29-25)26(32)30-31-27(33)28-21-8-4-3-5-9-21/h3-15,17-18H,16H2,1-2H3,(H,30,32)(H2,28,31,33). The minimum atomic E-state index is -0.533. The molecule has 4 aromatic rings. The highest BCUT2D eigenvalue weighted by Crippen LogP contribution is 2.25. The Labute approximate surface area is 193 Å². The van der Waals surface area contributed by atoms with Gasteiger partial charge in [0.15, 0.2) is 0 Å². The molecule has 3 aromatic carbocycles. The summed E-state index contributed by atoms with van der Waals surface area (Å²) >= 11 is 0. The largest absolute Gasteiger partial charge is 0.337 e. The number of nitrogens with zero attached hydrogens (tertiary/aromatic N) is 1. The molecular weight excluding hydrogens is 412 g/mol. The van der Waals surface area contributed by atoms with E-state index >= 15 is 0 Å². The van der Waals surface area contributed by atoms with E-state index in [-0.39, 0.29) is 0 Å². The van der Waals surface area contributed by atoms with Crippen LogP contribution in [0.15, 0.2) is 84.9 Å². The molecule has 166 valence electrons. The van der Waals surface area contributed by atoms with Gasteiger partial charge in [0.1, 0.15) is 0 Å². The van der Waals surface area contributed by atoms with Crippen molar-refractivity contribution in [1.29, 1.82) is 0 Å². The van der Waals surface area contributed by atoms with Crippen molar-refractivity contribution < 1.29 is 9.59 Å².